The molecule has 1 aliphatic heterocycles. The lowest BCUT2D eigenvalue weighted by Gasteiger charge is -2.09. The second kappa shape index (κ2) is 5.46. The van der Waals surface area contributed by atoms with Crippen LogP contribution >= 0.6 is 0 Å². The molecule has 0 aliphatic carbocycles. The summed E-state index contributed by atoms with van der Waals surface area (Å²) in [7, 11) is -1.28. The maximum Gasteiger partial charge on any atom is 0.179 e. The van der Waals surface area contributed by atoms with Crippen molar-refractivity contribution in [3.8, 4) is 0 Å². The Labute approximate surface area is 97.9 Å². The maximum atomic E-state index is 11.9. The summed E-state index contributed by atoms with van der Waals surface area (Å²) in [5, 5.41) is 3.03. The Morgan fingerprint density at radius 2 is 2.25 bits per heavy atom. The summed E-state index contributed by atoms with van der Waals surface area (Å²) in [5.74, 6) is 0.240. The second-order valence-corrected chi connectivity index (χ2v) is 5.87. The zero-order valence-electron chi connectivity index (χ0n) is 9.86. The van der Waals surface area contributed by atoms with Crippen LogP contribution in [0.15, 0.2) is 35.3 Å². The molecule has 1 N–H and O–H groups in total. The van der Waals surface area contributed by atoms with Gasteiger partial charge in [0.2, 0.25) is 0 Å². The first-order valence-electron chi connectivity index (χ1n) is 5.47. The quantitative estimate of drug-likeness (QED) is 0.796. The third kappa shape index (κ3) is 2.62. The Morgan fingerprint density at radius 3 is 2.75 bits per heavy atom. The number of sulfone groups is 1. The fourth-order valence-corrected chi connectivity index (χ4v) is 3.80. The zero-order valence-corrected chi connectivity index (χ0v) is 10.7. The average molecular weight is 241 g/mol. The van der Waals surface area contributed by atoms with E-state index in [9.17, 15) is 8.42 Å². The minimum Gasteiger partial charge on any atom is -0.319 e. The molecule has 0 radical (unpaired) electrons. The van der Waals surface area contributed by atoms with Gasteiger partial charge in [-0.3, -0.25) is 0 Å². The van der Waals surface area contributed by atoms with Crippen molar-refractivity contribution in [2.75, 3.05) is 19.3 Å². The molecule has 1 heterocycles. The van der Waals surface area contributed by atoms with Crippen molar-refractivity contribution in [3.63, 3.8) is 0 Å². The van der Waals surface area contributed by atoms with Gasteiger partial charge in [-0.1, -0.05) is 31.7 Å². The summed E-state index contributed by atoms with van der Waals surface area (Å²) in [5.41, 5.74) is 0.895. The monoisotopic (exact) mass is 241 g/mol. The third-order valence-corrected chi connectivity index (χ3v) is 4.56. The fraction of sp³-hybridized carbons (Fsp3) is 0.500. The van der Waals surface area contributed by atoms with E-state index in [0.29, 0.717) is 11.4 Å². The van der Waals surface area contributed by atoms with Gasteiger partial charge in [-0.05, 0) is 19.0 Å². The normalized spacial score (nSPS) is 24.2. The molecule has 0 aromatic rings. The molecule has 4 heteroatoms. The van der Waals surface area contributed by atoms with E-state index >= 15 is 0 Å². The van der Waals surface area contributed by atoms with Crippen molar-refractivity contribution in [3.05, 3.63) is 35.3 Å². The molecule has 1 rings (SSSR count). The van der Waals surface area contributed by atoms with E-state index in [2.05, 4.69) is 11.9 Å². The number of hydrogen-bond acceptors (Lipinski definition) is 3. The predicted octanol–water partition coefficient (Wildman–Crippen LogP) is 1.66. The van der Waals surface area contributed by atoms with Crippen LogP contribution in [0.2, 0.25) is 0 Å². The van der Waals surface area contributed by atoms with Gasteiger partial charge in [-0.15, -0.1) is 0 Å². The summed E-state index contributed by atoms with van der Waals surface area (Å²) < 4.78 is 23.7. The molecule has 16 heavy (non-hydrogen) atoms. The molecule has 1 unspecified atom stereocenters. The largest absolute Gasteiger partial charge is 0.319 e. The molecular formula is C12H19NO2S. The van der Waals surface area contributed by atoms with Gasteiger partial charge >= 0.3 is 0 Å². The Kier molecular flexibility index (Phi) is 4.50. The molecular weight excluding hydrogens is 222 g/mol. The van der Waals surface area contributed by atoms with Crippen molar-refractivity contribution >= 4 is 9.84 Å². The number of rotatable bonds is 5. The van der Waals surface area contributed by atoms with Crippen LogP contribution in [0.5, 0.6) is 0 Å². The van der Waals surface area contributed by atoms with Crippen LogP contribution in [0.25, 0.3) is 0 Å². The molecule has 1 aliphatic rings. The molecule has 90 valence electrons. The minimum atomic E-state index is -3.12. The van der Waals surface area contributed by atoms with Crippen LogP contribution in [0, 0.1) is 5.92 Å². The molecule has 0 bridgehead atoms. The van der Waals surface area contributed by atoms with Gasteiger partial charge in [0.05, 0.1) is 10.7 Å². The summed E-state index contributed by atoms with van der Waals surface area (Å²) in [6, 6.07) is 0. The van der Waals surface area contributed by atoms with E-state index in [1.54, 1.807) is 0 Å². The first-order valence-corrected chi connectivity index (χ1v) is 7.12. The van der Waals surface area contributed by atoms with Crippen LogP contribution in [0.1, 0.15) is 13.3 Å². The molecule has 0 amide bonds. The lowest BCUT2D eigenvalue weighted by Crippen LogP contribution is -2.21. The maximum absolute atomic E-state index is 11.9. The topological polar surface area (TPSA) is 46.2 Å². The lowest BCUT2D eigenvalue weighted by molar-refractivity contribution is 0.588. The minimum absolute atomic E-state index is 0.0470. The van der Waals surface area contributed by atoms with Crippen molar-refractivity contribution in [1.82, 2.24) is 5.32 Å². The van der Waals surface area contributed by atoms with Crippen LogP contribution < -0.4 is 5.32 Å². The van der Waals surface area contributed by atoms with Crippen molar-refractivity contribution in [2.45, 2.75) is 13.3 Å². The Morgan fingerprint density at radius 1 is 1.56 bits per heavy atom. The molecule has 0 fully saturated rings. The predicted molar refractivity (Wildman–Crippen MR) is 67.9 cm³/mol. The Hall–Kier alpha value is -0.870. The van der Waals surface area contributed by atoms with Gasteiger partial charge < -0.3 is 5.32 Å². The molecule has 0 aromatic carbocycles. The van der Waals surface area contributed by atoms with Gasteiger partial charge in [0.25, 0.3) is 0 Å². The first-order chi connectivity index (χ1) is 7.56. The molecule has 0 spiro atoms. The van der Waals surface area contributed by atoms with Gasteiger partial charge in [0.15, 0.2) is 9.84 Å². The van der Waals surface area contributed by atoms with Crippen molar-refractivity contribution < 1.29 is 8.42 Å². The fourth-order valence-electron chi connectivity index (χ4n) is 1.95. The Bertz CT molecular complexity index is 418. The smallest absolute Gasteiger partial charge is 0.179 e. The molecule has 1 atom stereocenters. The Balaban J connectivity index is 3.16. The van der Waals surface area contributed by atoms with Gasteiger partial charge in [0.1, 0.15) is 0 Å². The van der Waals surface area contributed by atoms with E-state index in [-0.39, 0.29) is 11.7 Å². The van der Waals surface area contributed by atoms with E-state index < -0.39 is 9.84 Å². The van der Waals surface area contributed by atoms with Crippen LogP contribution in [-0.4, -0.2) is 27.8 Å². The SMILES string of the molecule is C=CC1=C(/C=C\CC)C(CNC)CS1(=O)=O. The average Bonchev–Trinajstić information content (AvgIpc) is 2.46. The van der Waals surface area contributed by atoms with Gasteiger partial charge in [-0.2, -0.15) is 0 Å². The van der Waals surface area contributed by atoms with Crippen molar-refractivity contribution in [2.24, 2.45) is 5.92 Å². The first kappa shape index (κ1) is 13.2. The number of allylic oxidation sites excluding steroid dienone is 3. The van der Waals surface area contributed by atoms with E-state index in [1.165, 1.54) is 6.08 Å². The van der Waals surface area contributed by atoms with Gasteiger partial charge in [-0.25, -0.2) is 8.42 Å². The van der Waals surface area contributed by atoms with E-state index in [1.807, 2.05) is 26.1 Å². The molecule has 3 nitrogen and oxygen atoms in total. The number of hydrogen-bond donors (Lipinski definition) is 1. The summed E-state index contributed by atoms with van der Waals surface area (Å²) in [6.45, 7) is 6.31. The molecule has 0 saturated carbocycles. The lowest BCUT2D eigenvalue weighted by atomic mass is 10.00. The standard InChI is InChI=1S/C12H19NO2S/c1-4-6-7-11-10(8-13-3)9-16(14,15)12(11)5-2/h5-7,10,13H,2,4,8-9H2,1,3H3/b7-6-. The van der Waals surface area contributed by atoms with E-state index in [4.69, 9.17) is 0 Å². The summed E-state index contributed by atoms with van der Waals surface area (Å²) >= 11 is 0. The summed E-state index contributed by atoms with van der Waals surface area (Å²) in [6.07, 6.45) is 6.27. The van der Waals surface area contributed by atoms with Crippen LogP contribution in [-0.2, 0) is 9.84 Å². The van der Waals surface area contributed by atoms with Gasteiger partial charge in [0, 0.05) is 12.5 Å². The highest BCUT2D eigenvalue weighted by Gasteiger charge is 2.33. The molecule has 0 saturated heterocycles. The molecule has 0 aromatic heterocycles. The third-order valence-electron chi connectivity index (χ3n) is 2.65. The summed E-state index contributed by atoms with van der Waals surface area (Å²) in [4.78, 5) is 0.400. The van der Waals surface area contributed by atoms with Crippen LogP contribution in [0.3, 0.4) is 0 Å². The highest BCUT2D eigenvalue weighted by Crippen LogP contribution is 2.32. The highest BCUT2D eigenvalue weighted by molar-refractivity contribution is 7.95. The second-order valence-electron chi connectivity index (χ2n) is 3.87. The van der Waals surface area contributed by atoms with Crippen LogP contribution in [0.4, 0.5) is 0 Å². The van der Waals surface area contributed by atoms with E-state index in [0.717, 1.165) is 12.0 Å². The zero-order chi connectivity index (χ0) is 12.2. The number of nitrogens with one attached hydrogen (secondary N) is 1. The highest BCUT2D eigenvalue weighted by atomic mass is 32.2. The van der Waals surface area contributed by atoms with Crippen molar-refractivity contribution in [1.29, 1.82) is 0 Å².